The summed E-state index contributed by atoms with van der Waals surface area (Å²) in [6, 6.07) is 2.81. The van der Waals surface area contributed by atoms with Crippen molar-refractivity contribution in [1.82, 2.24) is 15.1 Å². The molecular weight excluding hydrogens is 408 g/mol. The van der Waals surface area contributed by atoms with Crippen LogP contribution in [0.4, 0.5) is 5.82 Å². The number of ether oxygens (including phenoxy) is 1. The van der Waals surface area contributed by atoms with Gasteiger partial charge in [-0.15, -0.1) is 10.2 Å². The number of likely N-dealkylation sites (N-methyl/N-ethyl adjacent to an activating group) is 1. The summed E-state index contributed by atoms with van der Waals surface area (Å²) in [6.45, 7) is 1.91. The highest BCUT2D eigenvalue weighted by Gasteiger charge is 2.34. The monoisotopic (exact) mass is 432 g/mol. The Kier molecular flexibility index (Phi) is 7.99. The highest BCUT2D eigenvalue weighted by atomic mass is 35.5. The number of nitrogens with zero attached hydrogens (tertiary/aromatic N) is 4. The van der Waals surface area contributed by atoms with Crippen molar-refractivity contribution in [3.05, 3.63) is 17.3 Å². The van der Waals surface area contributed by atoms with Gasteiger partial charge in [-0.3, -0.25) is 9.59 Å². The Labute approximate surface area is 169 Å². The van der Waals surface area contributed by atoms with Crippen molar-refractivity contribution < 1.29 is 22.7 Å². The quantitative estimate of drug-likeness (QED) is 0.530. The molecule has 2 heterocycles. The maximum Gasteiger partial charge on any atom is 0.326 e. The molecule has 1 aromatic rings. The summed E-state index contributed by atoms with van der Waals surface area (Å²) < 4.78 is 28.6. The Hall–Kier alpha value is -1.94. The van der Waals surface area contributed by atoms with Crippen LogP contribution in [0, 0.1) is 0 Å². The summed E-state index contributed by atoms with van der Waals surface area (Å²) >= 11 is 5.68. The highest BCUT2D eigenvalue weighted by Crippen LogP contribution is 2.19. The third-order valence-corrected chi connectivity index (χ3v) is 6.41. The maximum absolute atomic E-state index is 12.5. The SMILES string of the molecule is CCCCN(C(=O)COC(=O)CN(C)c1ccc(Cl)nn1)C1CCS(=O)(=O)C1. The highest BCUT2D eigenvalue weighted by molar-refractivity contribution is 7.91. The summed E-state index contributed by atoms with van der Waals surface area (Å²) in [4.78, 5) is 27.7. The molecule has 156 valence electrons. The first-order chi connectivity index (χ1) is 13.2. The van der Waals surface area contributed by atoms with Gasteiger partial charge in [0.1, 0.15) is 6.54 Å². The number of carbonyl (C=O) groups is 2. The second kappa shape index (κ2) is 10.0. The summed E-state index contributed by atoms with van der Waals surface area (Å²) in [6.07, 6.45) is 2.05. The van der Waals surface area contributed by atoms with E-state index in [1.54, 1.807) is 19.2 Å². The number of carbonyl (C=O) groups excluding carboxylic acids is 2. The van der Waals surface area contributed by atoms with E-state index in [0.29, 0.717) is 18.8 Å². The number of esters is 1. The molecule has 0 aliphatic carbocycles. The number of hydrogen-bond donors (Lipinski definition) is 0. The van der Waals surface area contributed by atoms with Crippen LogP contribution in [0.2, 0.25) is 5.15 Å². The molecule has 0 saturated carbocycles. The largest absolute Gasteiger partial charge is 0.454 e. The third kappa shape index (κ3) is 6.59. The van der Waals surface area contributed by atoms with E-state index in [1.165, 1.54) is 9.80 Å². The van der Waals surface area contributed by atoms with E-state index in [4.69, 9.17) is 16.3 Å². The van der Waals surface area contributed by atoms with E-state index in [0.717, 1.165) is 12.8 Å². The van der Waals surface area contributed by atoms with Gasteiger partial charge in [0.05, 0.1) is 11.5 Å². The fourth-order valence-electron chi connectivity index (χ4n) is 2.92. The fraction of sp³-hybridized carbons (Fsp3) is 0.647. The van der Waals surface area contributed by atoms with Gasteiger partial charge in [0, 0.05) is 19.6 Å². The summed E-state index contributed by atoms with van der Waals surface area (Å²) in [7, 11) is -1.47. The molecular formula is C17H25ClN4O5S. The zero-order valence-electron chi connectivity index (χ0n) is 16.0. The topological polar surface area (TPSA) is 110 Å². The molecule has 1 saturated heterocycles. The molecule has 1 aromatic heterocycles. The van der Waals surface area contributed by atoms with Gasteiger partial charge in [0.2, 0.25) is 0 Å². The van der Waals surface area contributed by atoms with Crippen LogP contribution < -0.4 is 4.90 Å². The first kappa shape index (κ1) is 22.4. The maximum atomic E-state index is 12.5. The van der Waals surface area contributed by atoms with Crippen molar-refractivity contribution in [1.29, 1.82) is 0 Å². The van der Waals surface area contributed by atoms with E-state index in [-0.39, 0.29) is 35.2 Å². The smallest absolute Gasteiger partial charge is 0.326 e. The molecule has 0 N–H and O–H groups in total. The zero-order valence-corrected chi connectivity index (χ0v) is 17.6. The van der Waals surface area contributed by atoms with Gasteiger partial charge in [-0.05, 0) is 25.0 Å². The van der Waals surface area contributed by atoms with Crippen molar-refractivity contribution in [2.45, 2.75) is 32.2 Å². The molecule has 1 amide bonds. The van der Waals surface area contributed by atoms with Crippen LogP contribution in [0.1, 0.15) is 26.2 Å². The molecule has 1 fully saturated rings. The predicted molar refractivity (Wildman–Crippen MR) is 105 cm³/mol. The minimum Gasteiger partial charge on any atom is -0.454 e. The van der Waals surface area contributed by atoms with Crippen molar-refractivity contribution in [3.8, 4) is 0 Å². The number of unbranched alkanes of at least 4 members (excludes halogenated alkanes) is 1. The average Bonchev–Trinajstić information content (AvgIpc) is 3.00. The Morgan fingerprint density at radius 2 is 2.07 bits per heavy atom. The second-order valence-corrected chi connectivity index (χ2v) is 9.34. The van der Waals surface area contributed by atoms with Crippen molar-refractivity contribution in [2.24, 2.45) is 0 Å². The number of hydrogen-bond acceptors (Lipinski definition) is 8. The van der Waals surface area contributed by atoms with Crippen LogP contribution >= 0.6 is 11.6 Å². The van der Waals surface area contributed by atoms with Gasteiger partial charge in [-0.1, -0.05) is 24.9 Å². The van der Waals surface area contributed by atoms with Crippen molar-refractivity contribution in [3.63, 3.8) is 0 Å². The number of halogens is 1. The minimum atomic E-state index is -3.11. The molecule has 0 spiro atoms. The Balaban J connectivity index is 1.88. The lowest BCUT2D eigenvalue weighted by Crippen LogP contribution is -2.44. The normalized spacial score (nSPS) is 17.9. The van der Waals surface area contributed by atoms with Gasteiger partial charge in [0.25, 0.3) is 5.91 Å². The number of rotatable bonds is 9. The number of anilines is 1. The van der Waals surface area contributed by atoms with Gasteiger partial charge >= 0.3 is 5.97 Å². The van der Waals surface area contributed by atoms with Crippen LogP contribution in [0.25, 0.3) is 0 Å². The Morgan fingerprint density at radius 3 is 2.64 bits per heavy atom. The molecule has 9 nitrogen and oxygen atoms in total. The Morgan fingerprint density at radius 1 is 1.32 bits per heavy atom. The van der Waals surface area contributed by atoms with Crippen LogP contribution in [0.5, 0.6) is 0 Å². The number of aromatic nitrogens is 2. The summed E-state index contributed by atoms with van der Waals surface area (Å²) in [5, 5.41) is 7.80. The number of sulfone groups is 1. The van der Waals surface area contributed by atoms with E-state index >= 15 is 0 Å². The Bertz CT molecular complexity index is 787. The molecule has 0 bridgehead atoms. The lowest BCUT2D eigenvalue weighted by Gasteiger charge is -2.28. The van der Waals surface area contributed by atoms with Crippen LogP contribution in [0.15, 0.2) is 12.1 Å². The van der Waals surface area contributed by atoms with Crippen molar-refractivity contribution >= 4 is 39.1 Å². The summed E-state index contributed by atoms with van der Waals surface area (Å²) in [5.41, 5.74) is 0. The van der Waals surface area contributed by atoms with Gasteiger partial charge in [-0.2, -0.15) is 0 Å². The first-order valence-corrected chi connectivity index (χ1v) is 11.3. The molecule has 0 aromatic carbocycles. The standard InChI is InChI=1S/C17H25ClN4O5S/c1-3-4-8-22(13-7-9-28(25,26)12-13)16(23)11-27-17(24)10-21(2)15-6-5-14(18)19-20-15/h5-6,13H,3-4,7-12H2,1-2H3. The second-order valence-electron chi connectivity index (χ2n) is 6.73. The van der Waals surface area contributed by atoms with Gasteiger partial charge in [0.15, 0.2) is 27.4 Å². The average molecular weight is 433 g/mol. The molecule has 0 radical (unpaired) electrons. The van der Waals surface area contributed by atoms with Crippen LogP contribution in [-0.2, 0) is 24.2 Å². The first-order valence-electron chi connectivity index (χ1n) is 9.07. The lowest BCUT2D eigenvalue weighted by atomic mass is 10.2. The van der Waals surface area contributed by atoms with Gasteiger partial charge in [-0.25, -0.2) is 8.42 Å². The molecule has 28 heavy (non-hydrogen) atoms. The molecule has 11 heteroatoms. The number of amides is 1. The summed E-state index contributed by atoms with van der Waals surface area (Å²) in [5.74, 6) is -0.484. The van der Waals surface area contributed by atoms with E-state index in [1.807, 2.05) is 6.92 Å². The zero-order chi connectivity index (χ0) is 20.7. The molecule has 2 rings (SSSR count). The molecule has 1 aliphatic heterocycles. The predicted octanol–water partition coefficient (Wildman–Crippen LogP) is 0.925. The third-order valence-electron chi connectivity index (χ3n) is 4.45. The fourth-order valence-corrected chi connectivity index (χ4v) is 4.75. The molecule has 1 atom stereocenters. The minimum absolute atomic E-state index is 0.0334. The molecule has 1 aliphatic rings. The lowest BCUT2D eigenvalue weighted by molar-refractivity contribution is -0.151. The van der Waals surface area contributed by atoms with E-state index < -0.39 is 22.4 Å². The van der Waals surface area contributed by atoms with Crippen LogP contribution in [-0.4, -0.2) is 79.7 Å². The van der Waals surface area contributed by atoms with E-state index in [2.05, 4.69) is 10.2 Å². The van der Waals surface area contributed by atoms with Crippen LogP contribution in [0.3, 0.4) is 0 Å². The van der Waals surface area contributed by atoms with Gasteiger partial charge < -0.3 is 14.5 Å². The van der Waals surface area contributed by atoms with Crippen molar-refractivity contribution in [2.75, 3.05) is 43.1 Å². The van der Waals surface area contributed by atoms with E-state index in [9.17, 15) is 18.0 Å². The molecule has 1 unspecified atom stereocenters.